The summed E-state index contributed by atoms with van der Waals surface area (Å²) in [6, 6.07) is 3.45. The molecule has 3 rings (SSSR count). The lowest BCUT2D eigenvalue weighted by Gasteiger charge is -2.33. The number of hydrogen-bond donors (Lipinski definition) is 4. The van der Waals surface area contributed by atoms with Crippen molar-refractivity contribution in [3.63, 3.8) is 0 Å². The first-order valence-corrected chi connectivity index (χ1v) is 7.14. The Hall–Kier alpha value is -1.26. The van der Waals surface area contributed by atoms with Crippen LogP contribution < -0.4 is 5.32 Å². The molecule has 0 amide bonds. The topological polar surface area (TPSA) is 72.7 Å². The number of hydrogen-bond acceptors (Lipinski definition) is 4. The van der Waals surface area contributed by atoms with Gasteiger partial charge in [-0.1, -0.05) is 12.8 Å². The second-order valence-electron chi connectivity index (χ2n) is 5.77. The summed E-state index contributed by atoms with van der Waals surface area (Å²) in [4.78, 5) is 0. The predicted molar refractivity (Wildman–Crippen MR) is 72.2 cm³/mol. The number of aromatic hydroxyl groups is 2. The van der Waals surface area contributed by atoms with Gasteiger partial charge < -0.3 is 20.6 Å². The van der Waals surface area contributed by atoms with Crippen molar-refractivity contribution in [3.8, 4) is 11.5 Å². The Balaban J connectivity index is 1.80. The van der Waals surface area contributed by atoms with Gasteiger partial charge >= 0.3 is 0 Å². The van der Waals surface area contributed by atoms with Crippen LogP contribution in [0.15, 0.2) is 12.1 Å². The maximum atomic E-state index is 10.4. The SMILES string of the molecule is Oc1cc(O)c2c(c1)C(O)[C@H](NC1CCCC1)CC2. The monoisotopic (exact) mass is 263 g/mol. The molecule has 1 fully saturated rings. The minimum atomic E-state index is -0.651. The molecule has 1 aromatic rings. The maximum Gasteiger partial charge on any atom is 0.122 e. The molecule has 1 aromatic carbocycles. The summed E-state index contributed by atoms with van der Waals surface area (Å²) in [5.41, 5.74) is 1.44. The van der Waals surface area contributed by atoms with E-state index < -0.39 is 6.10 Å². The number of fused-ring (bicyclic) bond motifs is 1. The Labute approximate surface area is 113 Å². The Kier molecular flexibility index (Phi) is 3.37. The standard InChI is InChI=1S/C15H21NO3/c17-10-7-12-11(14(18)8-10)5-6-13(15(12)19)16-9-3-1-2-4-9/h7-9,13,15-19H,1-6H2/t13-,15?/m1/s1. The number of aliphatic hydroxyl groups excluding tert-OH is 1. The summed E-state index contributed by atoms with van der Waals surface area (Å²) in [5.74, 6) is 0.102. The lowest BCUT2D eigenvalue weighted by molar-refractivity contribution is 0.107. The Bertz CT molecular complexity index is 469. The molecule has 1 saturated carbocycles. The largest absolute Gasteiger partial charge is 0.508 e. The molecule has 2 atom stereocenters. The van der Waals surface area contributed by atoms with Gasteiger partial charge in [-0.3, -0.25) is 0 Å². The van der Waals surface area contributed by atoms with E-state index in [1.807, 2.05) is 0 Å². The fourth-order valence-corrected chi connectivity index (χ4v) is 3.44. The van der Waals surface area contributed by atoms with Crippen LogP contribution in [0, 0.1) is 0 Å². The molecular weight excluding hydrogens is 242 g/mol. The van der Waals surface area contributed by atoms with Crippen molar-refractivity contribution in [2.24, 2.45) is 0 Å². The average molecular weight is 263 g/mol. The van der Waals surface area contributed by atoms with Crippen molar-refractivity contribution in [2.75, 3.05) is 0 Å². The highest BCUT2D eigenvalue weighted by atomic mass is 16.3. The van der Waals surface area contributed by atoms with Crippen LogP contribution in [0.3, 0.4) is 0 Å². The van der Waals surface area contributed by atoms with Crippen LogP contribution in [0.5, 0.6) is 11.5 Å². The Morgan fingerprint density at radius 1 is 1.05 bits per heavy atom. The van der Waals surface area contributed by atoms with Crippen LogP contribution in [0.4, 0.5) is 0 Å². The summed E-state index contributed by atoms with van der Waals surface area (Å²) in [6.07, 6.45) is 5.80. The minimum absolute atomic E-state index is 0.0109. The van der Waals surface area contributed by atoms with E-state index in [-0.39, 0.29) is 17.5 Å². The zero-order chi connectivity index (χ0) is 13.4. The van der Waals surface area contributed by atoms with Crippen LogP contribution in [0.2, 0.25) is 0 Å². The summed E-state index contributed by atoms with van der Waals surface area (Å²) in [7, 11) is 0. The molecule has 0 aliphatic heterocycles. The Morgan fingerprint density at radius 3 is 2.53 bits per heavy atom. The van der Waals surface area contributed by atoms with E-state index in [4.69, 9.17) is 0 Å². The van der Waals surface area contributed by atoms with Crippen molar-refractivity contribution in [2.45, 2.75) is 56.7 Å². The van der Waals surface area contributed by atoms with E-state index in [2.05, 4.69) is 5.32 Å². The highest BCUT2D eigenvalue weighted by Gasteiger charge is 2.32. The zero-order valence-electron chi connectivity index (χ0n) is 11.0. The van der Waals surface area contributed by atoms with Gasteiger partial charge in [-0.25, -0.2) is 0 Å². The zero-order valence-corrected chi connectivity index (χ0v) is 11.0. The first-order valence-electron chi connectivity index (χ1n) is 7.14. The molecule has 0 spiro atoms. The van der Waals surface area contributed by atoms with Crippen molar-refractivity contribution >= 4 is 0 Å². The Morgan fingerprint density at radius 2 is 1.79 bits per heavy atom. The van der Waals surface area contributed by atoms with Crippen molar-refractivity contribution in [1.82, 2.24) is 5.32 Å². The lowest BCUT2D eigenvalue weighted by Crippen LogP contribution is -2.43. The van der Waals surface area contributed by atoms with E-state index in [1.54, 1.807) is 6.07 Å². The molecule has 1 unspecified atom stereocenters. The number of phenols is 2. The van der Waals surface area contributed by atoms with Crippen LogP contribution in [0.25, 0.3) is 0 Å². The molecule has 4 N–H and O–H groups in total. The van der Waals surface area contributed by atoms with Gasteiger partial charge in [0.1, 0.15) is 11.5 Å². The maximum absolute atomic E-state index is 10.4. The van der Waals surface area contributed by atoms with Crippen molar-refractivity contribution in [1.29, 1.82) is 0 Å². The molecule has 4 heteroatoms. The van der Waals surface area contributed by atoms with Gasteiger partial charge in [-0.05, 0) is 37.3 Å². The van der Waals surface area contributed by atoms with E-state index >= 15 is 0 Å². The van der Waals surface area contributed by atoms with Crippen LogP contribution in [-0.4, -0.2) is 27.4 Å². The highest BCUT2D eigenvalue weighted by molar-refractivity contribution is 5.48. The first kappa shape index (κ1) is 12.8. The summed E-state index contributed by atoms with van der Waals surface area (Å²) in [5, 5.41) is 33.4. The molecule has 0 bridgehead atoms. The van der Waals surface area contributed by atoms with Crippen molar-refractivity contribution in [3.05, 3.63) is 23.3 Å². The molecular formula is C15H21NO3. The van der Waals surface area contributed by atoms with Gasteiger partial charge in [0.05, 0.1) is 6.10 Å². The van der Waals surface area contributed by atoms with Gasteiger partial charge in [0, 0.05) is 23.7 Å². The fraction of sp³-hybridized carbons (Fsp3) is 0.600. The van der Waals surface area contributed by atoms with Gasteiger partial charge in [0.15, 0.2) is 0 Å². The molecule has 19 heavy (non-hydrogen) atoms. The van der Waals surface area contributed by atoms with Crippen molar-refractivity contribution < 1.29 is 15.3 Å². The van der Waals surface area contributed by atoms with Gasteiger partial charge in [0.25, 0.3) is 0 Å². The van der Waals surface area contributed by atoms with E-state index in [0.29, 0.717) is 11.6 Å². The summed E-state index contributed by atoms with van der Waals surface area (Å²) < 4.78 is 0. The second-order valence-corrected chi connectivity index (χ2v) is 5.77. The van der Waals surface area contributed by atoms with Crippen LogP contribution >= 0.6 is 0 Å². The summed E-state index contributed by atoms with van der Waals surface area (Å²) >= 11 is 0. The average Bonchev–Trinajstić information content (AvgIpc) is 2.86. The first-order chi connectivity index (χ1) is 9.15. The summed E-state index contributed by atoms with van der Waals surface area (Å²) in [6.45, 7) is 0. The number of rotatable bonds is 2. The molecule has 4 nitrogen and oxygen atoms in total. The smallest absolute Gasteiger partial charge is 0.122 e. The van der Waals surface area contributed by atoms with E-state index in [9.17, 15) is 15.3 Å². The minimum Gasteiger partial charge on any atom is -0.508 e. The van der Waals surface area contributed by atoms with Crippen LogP contribution in [0.1, 0.15) is 49.3 Å². The third-order valence-electron chi connectivity index (χ3n) is 4.46. The normalized spacial score (nSPS) is 27.4. The quantitative estimate of drug-likeness (QED) is 0.658. The lowest BCUT2D eigenvalue weighted by atomic mass is 9.84. The molecule has 0 aromatic heterocycles. The number of benzene rings is 1. The van der Waals surface area contributed by atoms with E-state index in [0.717, 1.165) is 18.4 Å². The molecule has 0 radical (unpaired) electrons. The van der Waals surface area contributed by atoms with Gasteiger partial charge in [-0.2, -0.15) is 0 Å². The number of nitrogens with one attached hydrogen (secondary N) is 1. The second kappa shape index (κ2) is 5.02. The molecule has 104 valence electrons. The van der Waals surface area contributed by atoms with E-state index in [1.165, 1.54) is 31.7 Å². The fourth-order valence-electron chi connectivity index (χ4n) is 3.44. The highest BCUT2D eigenvalue weighted by Crippen LogP contribution is 2.38. The van der Waals surface area contributed by atoms with Crippen LogP contribution in [-0.2, 0) is 6.42 Å². The third-order valence-corrected chi connectivity index (χ3v) is 4.46. The van der Waals surface area contributed by atoms with Gasteiger partial charge in [0.2, 0.25) is 0 Å². The molecule has 2 aliphatic rings. The predicted octanol–water partition coefficient (Wildman–Crippen LogP) is 1.98. The third kappa shape index (κ3) is 2.42. The number of aliphatic hydroxyl groups is 1. The number of phenolic OH excluding ortho intramolecular Hbond substituents is 2. The molecule has 0 saturated heterocycles. The molecule has 2 aliphatic carbocycles. The van der Waals surface area contributed by atoms with Gasteiger partial charge in [-0.15, -0.1) is 0 Å². The molecule has 0 heterocycles.